The smallest absolute Gasteiger partial charge is 0.150 e. The summed E-state index contributed by atoms with van der Waals surface area (Å²) in [6.45, 7) is 2.03. The zero-order valence-corrected chi connectivity index (χ0v) is 11.5. The molecule has 2 rings (SSSR count). The minimum Gasteiger partial charge on any atom is -0.457 e. The number of hydrogen-bond donors (Lipinski definition) is 1. The lowest BCUT2D eigenvalue weighted by atomic mass is 10.2. The van der Waals surface area contributed by atoms with Crippen LogP contribution in [0.3, 0.4) is 0 Å². The van der Waals surface area contributed by atoms with Crippen LogP contribution < -0.4 is 10.1 Å². The van der Waals surface area contributed by atoms with Crippen LogP contribution in [0.15, 0.2) is 48.5 Å². The Balaban J connectivity index is 0.000000550. The van der Waals surface area contributed by atoms with Crippen molar-refractivity contribution in [3.8, 4) is 11.5 Å². The Kier molecular flexibility index (Phi) is 6.33. The van der Waals surface area contributed by atoms with Gasteiger partial charge >= 0.3 is 0 Å². The van der Waals surface area contributed by atoms with Crippen molar-refractivity contribution in [2.45, 2.75) is 6.92 Å². The fourth-order valence-electron chi connectivity index (χ4n) is 1.36. The maximum absolute atomic E-state index is 10.5. The van der Waals surface area contributed by atoms with Gasteiger partial charge < -0.3 is 10.1 Å². The molecular weight excluding hydrogens is 238 g/mol. The Labute approximate surface area is 114 Å². The summed E-state index contributed by atoms with van der Waals surface area (Å²) in [5, 5.41) is 2.75. The Bertz CT molecular complexity index is 489. The lowest BCUT2D eigenvalue weighted by molar-refractivity contribution is 0.112. The minimum atomic E-state index is 0.649. The summed E-state index contributed by atoms with van der Waals surface area (Å²) < 4.78 is 5.62. The molecule has 0 spiro atoms. The molecule has 0 bridgehead atoms. The van der Waals surface area contributed by atoms with E-state index in [4.69, 9.17) is 4.74 Å². The number of carbonyl (C=O) groups excluding carboxylic acids is 1. The third-order valence-electron chi connectivity index (χ3n) is 2.27. The van der Waals surface area contributed by atoms with Gasteiger partial charge in [-0.25, -0.2) is 0 Å². The van der Waals surface area contributed by atoms with Crippen molar-refractivity contribution in [1.29, 1.82) is 0 Å². The summed E-state index contributed by atoms with van der Waals surface area (Å²) >= 11 is 0. The first kappa shape index (κ1) is 14.9. The molecular formula is C16H19NO2. The summed E-state index contributed by atoms with van der Waals surface area (Å²) in [5.74, 6) is 1.53. The second-order valence-corrected chi connectivity index (χ2v) is 4.10. The summed E-state index contributed by atoms with van der Waals surface area (Å²) in [5.41, 5.74) is 1.85. The number of hydrogen-bond acceptors (Lipinski definition) is 3. The Morgan fingerprint density at radius 3 is 1.74 bits per heavy atom. The zero-order chi connectivity index (χ0) is 14.1. The highest BCUT2D eigenvalue weighted by atomic mass is 16.5. The fraction of sp³-hybridized carbons (Fsp3) is 0.188. The van der Waals surface area contributed by atoms with Crippen molar-refractivity contribution < 1.29 is 9.53 Å². The molecule has 0 saturated carbocycles. The highest BCUT2D eigenvalue weighted by Crippen LogP contribution is 2.21. The Morgan fingerprint density at radius 1 is 0.895 bits per heavy atom. The average Bonchev–Trinajstić information content (AvgIpc) is 2.43. The molecule has 0 unspecified atom stereocenters. The Morgan fingerprint density at radius 2 is 1.32 bits per heavy atom. The molecule has 2 aromatic rings. The van der Waals surface area contributed by atoms with Crippen LogP contribution in [0, 0.1) is 6.92 Å². The van der Waals surface area contributed by atoms with Gasteiger partial charge in [0, 0.05) is 5.56 Å². The van der Waals surface area contributed by atoms with Crippen LogP contribution in [0.2, 0.25) is 0 Å². The van der Waals surface area contributed by atoms with Crippen LogP contribution in [0.5, 0.6) is 11.5 Å². The normalized spacial score (nSPS) is 9.21. The van der Waals surface area contributed by atoms with Crippen LogP contribution in [-0.4, -0.2) is 20.4 Å². The van der Waals surface area contributed by atoms with Gasteiger partial charge in [0.15, 0.2) is 0 Å². The van der Waals surface area contributed by atoms with E-state index in [0.29, 0.717) is 5.56 Å². The molecule has 0 saturated heterocycles. The lowest BCUT2D eigenvalue weighted by Crippen LogP contribution is -1.89. The number of benzene rings is 2. The van der Waals surface area contributed by atoms with Crippen LogP contribution in [-0.2, 0) is 0 Å². The van der Waals surface area contributed by atoms with Gasteiger partial charge in [0.25, 0.3) is 0 Å². The van der Waals surface area contributed by atoms with E-state index in [1.165, 1.54) is 5.56 Å². The van der Waals surface area contributed by atoms with Gasteiger partial charge in [0.05, 0.1) is 0 Å². The van der Waals surface area contributed by atoms with E-state index in [2.05, 4.69) is 5.32 Å². The predicted molar refractivity (Wildman–Crippen MR) is 78.1 cm³/mol. The van der Waals surface area contributed by atoms with Gasteiger partial charge in [0.1, 0.15) is 17.8 Å². The van der Waals surface area contributed by atoms with Gasteiger partial charge in [-0.3, -0.25) is 4.79 Å². The van der Waals surface area contributed by atoms with Crippen molar-refractivity contribution in [3.63, 3.8) is 0 Å². The highest BCUT2D eigenvalue weighted by molar-refractivity contribution is 5.74. The molecule has 0 aromatic heterocycles. The molecule has 0 aliphatic heterocycles. The van der Waals surface area contributed by atoms with Gasteiger partial charge in [-0.1, -0.05) is 17.7 Å². The fourth-order valence-corrected chi connectivity index (χ4v) is 1.36. The summed E-state index contributed by atoms with van der Waals surface area (Å²) in [7, 11) is 3.75. The van der Waals surface area contributed by atoms with Gasteiger partial charge in [0.2, 0.25) is 0 Å². The SMILES string of the molecule is CNC.Cc1ccc(Oc2ccc(C=O)cc2)cc1. The zero-order valence-electron chi connectivity index (χ0n) is 11.5. The van der Waals surface area contributed by atoms with E-state index in [0.717, 1.165) is 17.8 Å². The van der Waals surface area contributed by atoms with Crippen molar-refractivity contribution in [2.75, 3.05) is 14.1 Å². The molecule has 3 heteroatoms. The van der Waals surface area contributed by atoms with Crippen molar-refractivity contribution in [2.24, 2.45) is 0 Å². The number of aryl methyl sites for hydroxylation is 1. The molecule has 0 fully saturated rings. The number of nitrogens with one attached hydrogen (secondary N) is 1. The van der Waals surface area contributed by atoms with Crippen LogP contribution in [0.25, 0.3) is 0 Å². The molecule has 19 heavy (non-hydrogen) atoms. The third kappa shape index (κ3) is 5.36. The van der Waals surface area contributed by atoms with Crippen molar-refractivity contribution >= 4 is 6.29 Å². The summed E-state index contributed by atoms with van der Waals surface area (Å²) in [6, 6.07) is 14.9. The van der Waals surface area contributed by atoms with Crippen LogP contribution in [0.1, 0.15) is 15.9 Å². The van der Waals surface area contributed by atoms with Gasteiger partial charge in [-0.2, -0.15) is 0 Å². The number of aldehydes is 1. The minimum absolute atomic E-state index is 0.649. The van der Waals surface area contributed by atoms with E-state index in [1.54, 1.807) is 24.3 Å². The molecule has 0 aliphatic rings. The van der Waals surface area contributed by atoms with E-state index >= 15 is 0 Å². The maximum atomic E-state index is 10.5. The number of rotatable bonds is 3. The molecule has 3 nitrogen and oxygen atoms in total. The number of carbonyl (C=O) groups is 1. The second kappa shape index (κ2) is 8.06. The first-order valence-electron chi connectivity index (χ1n) is 6.08. The molecule has 0 heterocycles. The molecule has 0 amide bonds. The summed E-state index contributed by atoms with van der Waals surface area (Å²) in [6.07, 6.45) is 0.815. The van der Waals surface area contributed by atoms with E-state index in [-0.39, 0.29) is 0 Å². The topological polar surface area (TPSA) is 38.3 Å². The van der Waals surface area contributed by atoms with Crippen molar-refractivity contribution in [3.05, 3.63) is 59.7 Å². The lowest BCUT2D eigenvalue weighted by Gasteiger charge is -2.05. The average molecular weight is 257 g/mol. The monoisotopic (exact) mass is 257 g/mol. The summed E-state index contributed by atoms with van der Waals surface area (Å²) in [4.78, 5) is 10.5. The third-order valence-corrected chi connectivity index (χ3v) is 2.27. The Hall–Kier alpha value is -2.13. The predicted octanol–water partition coefficient (Wildman–Crippen LogP) is 3.44. The van der Waals surface area contributed by atoms with Gasteiger partial charge in [-0.15, -0.1) is 0 Å². The van der Waals surface area contributed by atoms with E-state index < -0.39 is 0 Å². The van der Waals surface area contributed by atoms with E-state index in [1.807, 2.05) is 45.3 Å². The van der Waals surface area contributed by atoms with Gasteiger partial charge in [-0.05, 0) is 57.4 Å². The first-order valence-corrected chi connectivity index (χ1v) is 6.08. The molecule has 1 N–H and O–H groups in total. The van der Waals surface area contributed by atoms with Crippen LogP contribution in [0.4, 0.5) is 0 Å². The molecule has 0 radical (unpaired) electrons. The molecule has 2 aromatic carbocycles. The van der Waals surface area contributed by atoms with Crippen molar-refractivity contribution in [1.82, 2.24) is 5.32 Å². The van der Waals surface area contributed by atoms with Crippen LogP contribution >= 0.6 is 0 Å². The molecule has 100 valence electrons. The standard InChI is InChI=1S/C14H12O2.C2H7N/c1-11-2-6-13(7-3-11)16-14-8-4-12(10-15)5-9-14;1-3-2/h2-10H,1H3;3H,1-2H3. The van der Waals surface area contributed by atoms with E-state index in [9.17, 15) is 4.79 Å². The quantitative estimate of drug-likeness (QED) is 0.856. The largest absolute Gasteiger partial charge is 0.457 e. The maximum Gasteiger partial charge on any atom is 0.150 e. The highest BCUT2D eigenvalue weighted by Gasteiger charge is 1.97. The molecule has 0 atom stereocenters. The number of ether oxygens (including phenoxy) is 1. The second-order valence-electron chi connectivity index (χ2n) is 4.10. The molecule has 0 aliphatic carbocycles. The first-order chi connectivity index (χ1) is 9.19.